The van der Waals surface area contributed by atoms with E-state index in [1.165, 1.54) is 50.8 Å². The van der Waals surface area contributed by atoms with Gasteiger partial charge in [0.25, 0.3) is 0 Å². The maximum atomic E-state index is 13.2. The van der Waals surface area contributed by atoms with E-state index in [2.05, 4.69) is 31.9 Å². The number of hydrogen-bond donors (Lipinski definition) is 0. The second-order valence-electron chi connectivity index (χ2n) is 10.5. The number of piperidine rings is 1. The molecule has 152 valence electrons. The van der Waals surface area contributed by atoms with Gasteiger partial charge in [-0.1, -0.05) is 19.9 Å². The Bertz CT molecular complexity index is 773. The summed E-state index contributed by atoms with van der Waals surface area (Å²) in [5, 5.41) is 0. The number of nitrogens with zero attached hydrogens (tertiary/aromatic N) is 1. The first-order valence-corrected chi connectivity index (χ1v) is 11.2. The number of ether oxygens (including phenoxy) is 1. The molecule has 5 rings (SSSR count). The quantitative estimate of drug-likeness (QED) is 0.618. The highest BCUT2D eigenvalue weighted by atomic mass is 19.1. The van der Waals surface area contributed by atoms with Crippen molar-refractivity contribution in [3.8, 4) is 5.75 Å². The maximum Gasteiger partial charge on any atom is 0.123 e. The van der Waals surface area contributed by atoms with E-state index in [1.807, 2.05) is 0 Å². The molecule has 1 aromatic carbocycles. The molecule has 1 heterocycles. The molecule has 0 N–H and O–H groups in total. The van der Waals surface area contributed by atoms with Crippen LogP contribution >= 0.6 is 0 Å². The first-order chi connectivity index (χ1) is 13.4. The standard InChI is InChI=1S/C25H34FNO/c1-24-13-11-21-20(16-27(3)23-6-4-5-12-25(21,23)2)22(24)14-19(15-24)28-18-9-7-17(26)8-10-18/h6-10,19-22H,4-5,11-16H2,1-3H3/t19?,20-,21-,22+,24-,25-/m1/s1. The SMILES string of the molecule is CN1C[C@@H]2[C@@H](CC[C@]3(C)CC(Oc4ccc(F)cc4)C[C@@H]23)[C@@]2(C)CCCC=C12. The first kappa shape index (κ1) is 18.5. The van der Waals surface area contributed by atoms with Gasteiger partial charge in [-0.15, -0.1) is 0 Å². The molecule has 1 aliphatic heterocycles. The van der Waals surface area contributed by atoms with E-state index >= 15 is 0 Å². The Labute approximate surface area is 169 Å². The molecule has 3 heteroatoms. The summed E-state index contributed by atoms with van der Waals surface area (Å²) < 4.78 is 19.6. The number of likely N-dealkylation sites (tertiary alicyclic amines) is 1. The molecule has 0 amide bonds. The van der Waals surface area contributed by atoms with E-state index in [9.17, 15) is 4.39 Å². The molecule has 2 saturated carbocycles. The zero-order chi connectivity index (χ0) is 19.5. The molecule has 0 aromatic heterocycles. The van der Waals surface area contributed by atoms with E-state index in [0.717, 1.165) is 36.3 Å². The van der Waals surface area contributed by atoms with Crippen molar-refractivity contribution >= 4 is 0 Å². The van der Waals surface area contributed by atoms with Crippen LogP contribution < -0.4 is 4.74 Å². The normalized spacial score (nSPS) is 42.3. The third kappa shape index (κ3) is 2.80. The average Bonchev–Trinajstić information content (AvgIpc) is 3.00. The van der Waals surface area contributed by atoms with Gasteiger partial charge in [-0.05, 0) is 92.4 Å². The molecule has 1 saturated heterocycles. The van der Waals surface area contributed by atoms with Gasteiger partial charge >= 0.3 is 0 Å². The van der Waals surface area contributed by atoms with Crippen LogP contribution in [-0.2, 0) is 0 Å². The Hall–Kier alpha value is -1.51. The van der Waals surface area contributed by atoms with Crippen LogP contribution in [0.25, 0.3) is 0 Å². The smallest absolute Gasteiger partial charge is 0.123 e. The van der Waals surface area contributed by atoms with Crippen molar-refractivity contribution in [1.29, 1.82) is 0 Å². The summed E-state index contributed by atoms with van der Waals surface area (Å²) >= 11 is 0. The number of benzene rings is 1. The summed E-state index contributed by atoms with van der Waals surface area (Å²) in [5.74, 6) is 2.94. The summed E-state index contributed by atoms with van der Waals surface area (Å²) in [6.45, 7) is 6.27. The predicted molar refractivity (Wildman–Crippen MR) is 111 cm³/mol. The van der Waals surface area contributed by atoms with Gasteiger partial charge < -0.3 is 9.64 Å². The second kappa shape index (κ2) is 6.50. The topological polar surface area (TPSA) is 12.5 Å². The van der Waals surface area contributed by atoms with Crippen molar-refractivity contribution in [2.45, 2.75) is 64.9 Å². The highest BCUT2D eigenvalue weighted by molar-refractivity contribution is 5.25. The van der Waals surface area contributed by atoms with Gasteiger partial charge in [0, 0.05) is 24.7 Å². The van der Waals surface area contributed by atoms with Gasteiger partial charge in [0.2, 0.25) is 0 Å². The summed E-state index contributed by atoms with van der Waals surface area (Å²) in [7, 11) is 2.32. The molecular formula is C25H34FNO. The molecule has 28 heavy (non-hydrogen) atoms. The summed E-state index contributed by atoms with van der Waals surface area (Å²) in [4.78, 5) is 2.58. The largest absolute Gasteiger partial charge is 0.490 e. The third-order valence-electron chi connectivity index (χ3n) is 8.82. The van der Waals surface area contributed by atoms with Gasteiger partial charge in [-0.25, -0.2) is 4.39 Å². The van der Waals surface area contributed by atoms with Gasteiger partial charge in [-0.2, -0.15) is 0 Å². The number of hydrogen-bond acceptors (Lipinski definition) is 2. The highest BCUT2D eigenvalue weighted by Crippen LogP contribution is 2.64. The summed E-state index contributed by atoms with van der Waals surface area (Å²) in [6, 6.07) is 6.56. The van der Waals surface area contributed by atoms with Crippen molar-refractivity contribution < 1.29 is 9.13 Å². The molecule has 4 aliphatic rings. The molecule has 1 unspecified atom stereocenters. The van der Waals surface area contributed by atoms with Crippen molar-refractivity contribution in [2.24, 2.45) is 28.6 Å². The van der Waals surface area contributed by atoms with Gasteiger partial charge in [0.1, 0.15) is 11.6 Å². The average molecular weight is 384 g/mol. The van der Waals surface area contributed by atoms with E-state index in [-0.39, 0.29) is 11.9 Å². The minimum Gasteiger partial charge on any atom is -0.490 e. The minimum absolute atomic E-state index is 0.197. The summed E-state index contributed by atoms with van der Waals surface area (Å²) in [6.07, 6.45) is 11.7. The van der Waals surface area contributed by atoms with Crippen LogP contribution in [-0.4, -0.2) is 24.6 Å². The van der Waals surface area contributed by atoms with Crippen LogP contribution in [0.1, 0.15) is 58.8 Å². The lowest BCUT2D eigenvalue weighted by Crippen LogP contribution is -2.55. The number of allylic oxidation sites excluding steroid dienone is 2. The van der Waals surface area contributed by atoms with Crippen molar-refractivity contribution in [3.05, 3.63) is 41.9 Å². The lowest BCUT2D eigenvalue weighted by atomic mass is 9.50. The molecule has 0 bridgehead atoms. The Morgan fingerprint density at radius 2 is 1.89 bits per heavy atom. The molecule has 6 atom stereocenters. The number of rotatable bonds is 2. The molecule has 0 spiro atoms. The van der Waals surface area contributed by atoms with Crippen LogP contribution in [0.15, 0.2) is 36.0 Å². The Kier molecular flexibility index (Phi) is 4.30. The molecule has 3 fully saturated rings. The fourth-order valence-corrected chi connectivity index (χ4v) is 7.57. The Morgan fingerprint density at radius 3 is 2.68 bits per heavy atom. The fourth-order valence-electron chi connectivity index (χ4n) is 7.57. The van der Waals surface area contributed by atoms with Gasteiger partial charge in [-0.3, -0.25) is 0 Å². The van der Waals surface area contributed by atoms with Crippen LogP contribution in [0, 0.1) is 34.4 Å². The molecule has 1 aromatic rings. The molecule has 2 nitrogen and oxygen atoms in total. The van der Waals surface area contributed by atoms with Gasteiger partial charge in [0.15, 0.2) is 0 Å². The van der Waals surface area contributed by atoms with E-state index in [1.54, 1.807) is 17.8 Å². The Balaban J connectivity index is 1.39. The number of halogens is 1. The molecular weight excluding hydrogens is 349 g/mol. The third-order valence-corrected chi connectivity index (χ3v) is 8.82. The monoisotopic (exact) mass is 383 g/mol. The van der Waals surface area contributed by atoms with Crippen molar-refractivity contribution in [1.82, 2.24) is 4.90 Å². The zero-order valence-corrected chi connectivity index (χ0v) is 17.6. The first-order valence-electron chi connectivity index (χ1n) is 11.2. The molecule has 3 aliphatic carbocycles. The lowest BCUT2D eigenvalue weighted by molar-refractivity contribution is -0.0620. The predicted octanol–water partition coefficient (Wildman–Crippen LogP) is 6.04. The fraction of sp³-hybridized carbons (Fsp3) is 0.680. The van der Waals surface area contributed by atoms with Crippen LogP contribution in [0.5, 0.6) is 5.75 Å². The molecule has 0 radical (unpaired) electrons. The van der Waals surface area contributed by atoms with Crippen LogP contribution in [0.2, 0.25) is 0 Å². The van der Waals surface area contributed by atoms with E-state index in [0.29, 0.717) is 10.8 Å². The van der Waals surface area contributed by atoms with E-state index in [4.69, 9.17) is 4.74 Å². The lowest BCUT2D eigenvalue weighted by Gasteiger charge is -2.59. The number of fused-ring (bicyclic) bond motifs is 5. The van der Waals surface area contributed by atoms with Crippen LogP contribution in [0.3, 0.4) is 0 Å². The van der Waals surface area contributed by atoms with Gasteiger partial charge in [0.05, 0.1) is 6.10 Å². The highest BCUT2D eigenvalue weighted by Gasteiger charge is 2.59. The van der Waals surface area contributed by atoms with Crippen molar-refractivity contribution in [2.75, 3.05) is 13.6 Å². The minimum atomic E-state index is -0.197. The zero-order valence-electron chi connectivity index (χ0n) is 17.6. The van der Waals surface area contributed by atoms with Crippen molar-refractivity contribution in [3.63, 3.8) is 0 Å². The summed E-state index contributed by atoms with van der Waals surface area (Å²) in [5.41, 5.74) is 2.38. The Morgan fingerprint density at radius 1 is 1.11 bits per heavy atom. The maximum absolute atomic E-state index is 13.2. The van der Waals surface area contributed by atoms with Crippen LogP contribution in [0.4, 0.5) is 4.39 Å². The second-order valence-corrected chi connectivity index (χ2v) is 10.5. The van der Waals surface area contributed by atoms with E-state index < -0.39 is 0 Å².